The monoisotopic (exact) mass is 303 g/mol. The lowest BCUT2D eigenvalue weighted by Crippen LogP contribution is -2.18. The minimum Gasteiger partial charge on any atom is -0.306 e. The smallest absolute Gasteiger partial charge is 0.0301 e. The Morgan fingerprint density at radius 2 is 1.52 bits per heavy atom. The molecule has 0 aliphatic rings. The van der Waals surface area contributed by atoms with Crippen LogP contribution in [0.3, 0.4) is 0 Å². The van der Waals surface area contributed by atoms with E-state index in [4.69, 9.17) is 0 Å². The maximum Gasteiger partial charge on any atom is 0.0301 e. The van der Waals surface area contributed by atoms with Gasteiger partial charge in [-0.05, 0) is 40.8 Å². The molecule has 0 aliphatic heterocycles. The molecule has 1 nitrogen and oxygen atoms in total. The van der Waals surface area contributed by atoms with E-state index in [2.05, 4.69) is 85.9 Å². The van der Waals surface area contributed by atoms with Crippen LogP contribution in [0.25, 0.3) is 10.8 Å². The third kappa shape index (κ3) is 3.80. The summed E-state index contributed by atoms with van der Waals surface area (Å²) in [7, 11) is 0. The van der Waals surface area contributed by atoms with Crippen molar-refractivity contribution in [2.45, 2.75) is 39.3 Å². The van der Waals surface area contributed by atoms with Crippen molar-refractivity contribution in [2.24, 2.45) is 0 Å². The van der Waals surface area contributed by atoms with E-state index in [1.165, 1.54) is 40.3 Å². The second-order valence-electron chi connectivity index (χ2n) is 6.24. The maximum atomic E-state index is 3.66. The number of benzene rings is 3. The molecule has 0 bridgehead atoms. The molecule has 0 aliphatic carbocycles. The van der Waals surface area contributed by atoms with Crippen molar-refractivity contribution in [1.82, 2.24) is 5.32 Å². The molecule has 0 amide bonds. The van der Waals surface area contributed by atoms with E-state index in [1.807, 2.05) is 0 Å². The zero-order valence-electron chi connectivity index (χ0n) is 14.0. The van der Waals surface area contributed by atoms with Crippen LogP contribution in [0.15, 0.2) is 66.7 Å². The van der Waals surface area contributed by atoms with Crippen LogP contribution in [0.1, 0.15) is 43.0 Å². The number of rotatable bonds is 6. The van der Waals surface area contributed by atoms with Crippen molar-refractivity contribution in [3.05, 3.63) is 83.4 Å². The van der Waals surface area contributed by atoms with Crippen LogP contribution in [-0.2, 0) is 13.0 Å². The van der Waals surface area contributed by atoms with Gasteiger partial charge in [-0.15, -0.1) is 0 Å². The normalized spacial score (nSPS) is 12.4. The zero-order valence-corrected chi connectivity index (χ0v) is 14.0. The van der Waals surface area contributed by atoms with E-state index in [0.717, 1.165) is 6.54 Å². The Kier molecular flexibility index (Phi) is 5.09. The van der Waals surface area contributed by atoms with Crippen LogP contribution in [0.5, 0.6) is 0 Å². The fourth-order valence-corrected chi connectivity index (χ4v) is 3.12. The van der Waals surface area contributed by atoms with Gasteiger partial charge in [0, 0.05) is 12.6 Å². The molecule has 0 unspecified atom stereocenters. The predicted molar refractivity (Wildman–Crippen MR) is 99.6 cm³/mol. The van der Waals surface area contributed by atoms with Gasteiger partial charge in [0.25, 0.3) is 0 Å². The molecule has 0 radical (unpaired) electrons. The summed E-state index contributed by atoms with van der Waals surface area (Å²) < 4.78 is 0. The van der Waals surface area contributed by atoms with Crippen molar-refractivity contribution in [3.8, 4) is 0 Å². The van der Waals surface area contributed by atoms with E-state index >= 15 is 0 Å². The van der Waals surface area contributed by atoms with Crippen LogP contribution in [0.4, 0.5) is 0 Å². The van der Waals surface area contributed by atoms with Gasteiger partial charge in [0.2, 0.25) is 0 Å². The third-order valence-corrected chi connectivity index (χ3v) is 4.46. The van der Waals surface area contributed by atoms with Gasteiger partial charge in [-0.1, -0.05) is 80.1 Å². The molecular weight excluding hydrogens is 278 g/mol. The Morgan fingerprint density at radius 3 is 2.30 bits per heavy atom. The van der Waals surface area contributed by atoms with Crippen molar-refractivity contribution in [3.63, 3.8) is 0 Å². The fourth-order valence-electron chi connectivity index (χ4n) is 3.12. The molecule has 3 rings (SSSR count). The van der Waals surface area contributed by atoms with E-state index in [9.17, 15) is 0 Å². The van der Waals surface area contributed by atoms with Gasteiger partial charge in [0.15, 0.2) is 0 Å². The minimum absolute atomic E-state index is 0.330. The summed E-state index contributed by atoms with van der Waals surface area (Å²) in [5, 5.41) is 6.31. The van der Waals surface area contributed by atoms with E-state index in [1.54, 1.807) is 0 Å². The van der Waals surface area contributed by atoms with Gasteiger partial charge in [-0.2, -0.15) is 0 Å². The van der Waals surface area contributed by atoms with Gasteiger partial charge >= 0.3 is 0 Å². The van der Waals surface area contributed by atoms with Crippen molar-refractivity contribution in [1.29, 1.82) is 0 Å². The number of hydrogen-bond acceptors (Lipinski definition) is 1. The molecule has 118 valence electrons. The lowest BCUT2D eigenvalue weighted by atomic mass is 9.99. The van der Waals surface area contributed by atoms with Gasteiger partial charge in [-0.25, -0.2) is 0 Å². The average molecular weight is 303 g/mol. The largest absolute Gasteiger partial charge is 0.306 e. The molecule has 3 aromatic carbocycles. The highest BCUT2D eigenvalue weighted by Crippen LogP contribution is 2.24. The average Bonchev–Trinajstić information content (AvgIpc) is 2.60. The molecule has 1 N–H and O–H groups in total. The quantitative estimate of drug-likeness (QED) is 0.621. The summed E-state index contributed by atoms with van der Waals surface area (Å²) in [5.41, 5.74) is 4.14. The first-order valence-electron chi connectivity index (χ1n) is 8.57. The number of fused-ring (bicyclic) bond motifs is 1. The summed E-state index contributed by atoms with van der Waals surface area (Å²) in [6, 6.07) is 24.5. The molecular formula is C22H25N. The summed E-state index contributed by atoms with van der Waals surface area (Å²) >= 11 is 0. The summed E-state index contributed by atoms with van der Waals surface area (Å²) in [5.74, 6) is 0. The first-order valence-corrected chi connectivity index (χ1v) is 8.57. The van der Waals surface area contributed by atoms with Crippen molar-refractivity contribution < 1.29 is 0 Å². The zero-order chi connectivity index (χ0) is 16.1. The highest BCUT2D eigenvalue weighted by molar-refractivity contribution is 5.86. The molecule has 0 saturated carbocycles. The molecule has 0 aromatic heterocycles. The molecule has 3 aromatic rings. The second kappa shape index (κ2) is 7.43. The van der Waals surface area contributed by atoms with Crippen molar-refractivity contribution >= 4 is 10.8 Å². The topological polar surface area (TPSA) is 12.0 Å². The molecule has 1 heteroatoms. The third-order valence-electron chi connectivity index (χ3n) is 4.46. The molecule has 1 atom stereocenters. The second-order valence-corrected chi connectivity index (χ2v) is 6.24. The summed E-state index contributed by atoms with van der Waals surface area (Å²) in [4.78, 5) is 0. The van der Waals surface area contributed by atoms with Gasteiger partial charge in [-0.3, -0.25) is 0 Å². The first kappa shape index (κ1) is 15.8. The molecule has 0 saturated heterocycles. The molecule has 23 heavy (non-hydrogen) atoms. The van der Waals surface area contributed by atoms with Crippen molar-refractivity contribution in [2.75, 3.05) is 0 Å². The number of aryl methyl sites for hydroxylation is 1. The Balaban J connectivity index is 1.70. The summed E-state index contributed by atoms with van der Waals surface area (Å²) in [6.07, 6.45) is 2.37. The lowest BCUT2D eigenvalue weighted by Gasteiger charge is -2.17. The van der Waals surface area contributed by atoms with E-state index in [0.29, 0.717) is 6.04 Å². The van der Waals surface area contributed by atoms with Crippen LogP contribution in [-0.4, -0.2) is 0 Å². The number of nitrogens with one attached hydrogen (secondary N) is 1. The van der Waals surface area contributed by atoms with Crippen LogP contribution in [0, 0.1) is 0 Å². The standard InChI is InChI=1S/C22H25N/c1-3-7-18-12-14-19(15-13-18)16-23-17(2)21-11-6-9-20-8-4-5-10-22(20)21/h4-6,8-15,17,23H,3,7,16H2,1-2H3/t17-/m0/s1. The number of hydrogen-bond donors (Lipinski definition) is 1. The minimum atomic E-state index is 0.330. The summed E-state index contributed by atoms with van der Waals surface area (Å²) in [6.45, 7) is 5.37. The Hall–Kier alpha value is -2.12. The van der Waals surface area contributed by atoms with Crippen LogP contribution < -0.4 is 5.32 Å². The van der Waals surface area contributed by atoms with Gasteiger partial charge in [0.1, 0.15) is 0 Å². The van der Waals surface area contributed by atoms with E-state index < -0.39 is 0 Å². The van der Waals surface area contributed by atoms with Crippen LogP contribution >= 0.6 is 0 Å². The first-order chi connectivity index (χ1) is 11.3. The van der Waals surface area contributed by atoms with Gasteiger partial charge in [0.05, 0.1) is 0 Å². The lowest BCUT2D eigenvalue weighted by molar-refractivity contribution is 0.578. The highest BCUT2D eigenvalue weighted by Gasteiger charge is 2.08. The molecule has 0 spiro atoms. The SMILES string of the molecule is CCCc1ccc(CN[C@@H](C)c2cccc3ccccc23)cc1. The highest BCUT2D eigenvalue weighted by atomic mass is 14.9. The fraction of sp³-hybridized carbons (Fsp3) is 0.273. The predicted octanol–water partition coefficient (Wildman–Crippen LogP) is 5.64. The Bertz CT molecular complexity index is 753. The molecule has 0 heterocycles. The van der Waals surface area contributed by atoms with Gasteiger partial charge < -0.3 is 5.32 Å². The maximum absolute atomic E-state index is 3.66. The Morgan fingerprint density at radius 1 is 0.826 bits per heavy atom. The molecule has 0 fully saturated rings. The van der Waals surface area contributed by atoms with E-state index in [-0.39, 0.29) is 0 Å². The van der Waals surface area contributed by atoms with Crippen LogP contribution in [0.2, 0.25) is 0 Å². The Labute approximate surface area is 139 Å².